The number of carboxylic acid groups (broad SMARTS) is 1. The number of ketones is 1. The standard InChI is InChI=1S/C9H15NO3/c1-6(2)8(11)7(9(12)13)5-10(3)4/h5-6H,1-4H3,(H,12,13). The summed E-state index contributed by atoms with van der Waals surface area (Å²) in [5, 5.41) is 8.73. The van der Waals surface area contributed by atoms with Crippen LogP contribution in [-0.2, 0) is 9.59 Å². The van der Waals surface area contributed by atoms with E-state index in [4.69, 9.17) is 5.11 Å². The SMILES string of the molecule is CC(C)C(=O)C(=CN(C)C)C(=O)O. The van der Waals surface area contributed by atoms with E-state index < -0.39 is 5.97 Å². The van der Waals surface area contributed by atoms with Gasteiger partial charge in [0.25, 0.3) is 0 Å². The molecule has 0 heterocycles. The Hall–Kier alpha value is -1.32. The molecule has 0 bridgehead atoms. The molecule has 74 valence electrons. The van der Waals surface area contributed by atoms with Gasteiger partial charge in [-0.05, 0) is 0 Å². The maximum absolute atomic E-state index is 11.3. The second kappa shape index (κ2) is 4.64. The van der Waals surface area contributed by atoms with E-state index in [-0.39, 0.29) is 17.3 Å². The third-order valence-electron chi connectivity index (χ3n) is 1.41. The Morgan fingerprint density at radius 1 is 1.31 bits per heavy atom. The summed E-state index contributed by atoms with van der Waals surface area (Å²) >= 11 is 0. The molecule has 0 fully saturated rings. The Morgan fingerprint density at radius 2 is 1.77 bits per heavy atom. The first-order valence-electron chi connectivity index (χ1n) is 4.02. The molecule has 0 atom stereocenters. The number of rotatable bonds is 4. The highest BCUT2D eigenvalue weighted by molar-refractivity contribution is 6.17. The number of carbonyl (C=O) groups is 2. The fourth-order valence-corrected chi connectivity index (χ4v) is 0.793. The maximum atomic E-state index is 11.3. The minimum atomic E-state index is -1.17. The van der Waals surface area contributed by atoms with Gasteiger partial charge in [-0.2, -0.15) is 0 Å². The van der Waals surface area contributed by atoms with Crippen LogP contribution in [0.15, 0.2) is 11.8 Å². The highest BCUT2D eigenvalue weighted by Gasteiger charge is 2.20. The summed E-state index contributed by atoms with van der Waals surface area (Å²) in [6.07, 6.45) is 1.32. The molecule has 4 nitrogen and oxygen atoms in total. The molecule has 13 heavy (non-hydrogen) atoms. The van der Waals surface area contributed by atoms with E-state index in [0.717, 1.165) is 0 Å². The normalized spacial score (nSPS) is 11.6. The summed E-state index contributed by atoms with van der Waals surface area (Å²) in [7, 11) is 3.35. The lowest BCUT2D eigenvalue weighted by atomic mass is 10.0. The molecule has 0 amide bonds. The zero-order valence-corrected chi connectivity index (χ0v) is 8.37. The number of carbonyl (C=O) groups excluding carboxylic acids is 1. The Balaban J connectivity index is 4.83. The highest BCUT2D eigenvalue weighted by Crippen LogP contribution is 2.06. The van der Waals surface area contributed by atoms with E-state index in [1.165, 1.54) is 6.20 Å². The van der Waals surface area contributed by atoms with Crippen LogP contribution in [0, 0.1) is 5.92 Å². The van der Waals surface area contributed by atoms with Gasteiger partial charge in [0.2, 0.25) is 0 Å². The van der Waals surface area contributed by atoms with Crippen molar-refractivity contribution < 1.29 is 14.7 Å². The summed E-state index contributed by atoms with van der Waals surface area (Å²) in [5.74, 6) is -1.81. The van der Waals surface area contributed by atoms with E-state index >= 15 is 0 Å². The van der Waals surface area contributed by atoms with Gasteiger partial charge in [-0.1, -0.05) is 13.8 Å². The molecule has 4 heteroatoms. The fraction of sp³-hybridized carbons (Fsp3) is 0.556. The lowest BCUT2D eigenvalue weighted by Crippen LogP contribution is -2.20. The summed E-state index contributed by atoms with van der Waals surface area (Å²) in [4.78, 5) is 23.6. The second-order valence-corrected chi connectivity index (χ2v) is 3.33. The first-order valence-corrected chi connectivity index (χ1v) is 4.02. The van der Waals surface area contributed by atoms with Gasteiger partial charge >= 0.3 is 5.97 Å². The van der Waals surface area contributed by atoms with Crippen LogP contribution in [0.5, 0.6) is 0 Å². The van der Waals surface area contributed by atoms with Gasteiger partial charge in [0.05, 0.1) is 0 Å². The lowest BCUT2D eigenvalue weighted by molar-refractivity contribution is -0.135. The number of aliphatic carboxylic acids is 1. The summed E-state index contributed by atoms with van der Waals surface area (Å²) in [6, 6.07) is 0. The number of nitrogens with zero attached hydrogens (tertiary/aromatic N) is 1. The Morgan fingerprint density at radius 3 is 2.00 bits per heavy atom. The molecule has 0 aliphatic heterocycles. The largest absolute Gasteiger partial charge is 0.478 e. The van der Waals surface area contributed by atoms with Crippen molar-refractivity contribution in [2.75, 3.05) is 14.1 Å². The van der Waals surface area contributed by atoms with Gasteiger partial charge in [-0.25, -0.2) is 4.79 Å². The highest BCUT2D eigenvalue weighted by atomic mass is 16.4. The molecule has 0 aromatic carbocycles. The molecule has 0 aliphatic rings. The molecule has 1 N–H and O–H groups in total. The van der Waals surface area contributed by atoms with Crippen LogP contribution in [0.1, 0.15) is 13.8 Å². The van der Waals surface area contributed by atoms with Gasteiger partial charge in [-0.15, -0.1) is 0 Å². The number of Topliss-reactive ketones (excluding diaryl/α,β-unsaturated/α-hetero) is 1. The van der Waals surface area contributed by atoms with E-state index in [2.05, 4.69) is 0 Å². The molecule has 0 saturated heterocycles. The van der Waals surface area contributed by atoms with E-state index in [9.17, 15) is 9.59 Å². The molecule has 0 rings (SSSR count). The minimum absolute atomic E-state index is 0.167. The molecule has 0 spiro atoms. The van der Waals surface area contributed by atoms with Crippen molar-refractivity contribution in [1.29, 1.82) is 0 Å². The first-order chi connectivity index (χ1) is 5.86. The maximum Gasteiger partial charge on any atom is 0.340 e. The third kappa shape index (κ3) is 3.73. The predicted molar refractivity (Wildman–Crippen MR) is 49.3 cm³/mol. The molecule has 0 saturated carbocycles. The Kier molecular flexibility index (Phi) is 4.17. The van der Waals surface area contributed by atoms with Crippen molar-refractivity contribution in [3.63, 3.8) is 0 Å². The molecule has 0 aromatic rings. The van der Waals surface area contributed by atoms with E-state index in [0.29, 0.717) is 0 Å². The van der Waals surface area contributed by atoms with Gasteiger partial charge in [0.1, 0.15) is 5.57 Å². The zero-order chi connectivity index (χ0) is 10.6. The smallest absolute Gasteiger partial charge is 0.340 e. The van der Waals surface area contributed by atoms with Gasteiger partial charge in [0, 0.05) is 26.2 Å². The molecule has 0 aliphatic carbocycles. The van der Waals surface area contributed by atoms with Crippen LogP contribution in [-0.4, -0.2) is 35.9 Å². The molecule has 0 radical (unpaired) electrons. The summed E-state index contributed by atoms with van der Waals surface area (Å²) in [5.41, 5.74) is -0.167. The summed E-state index contributed by atoms with van der Waals surface area (Å²) < 4.78 is 0. The van der Waals surface area contributed by atoms with Gasteiger partial charge < -0.3 is 10.0 Å². The molecule has 0 unspecified atom stereocenters. The average molecular weight is 185 g/mol. The average Bonchev–Trinajstić information content (AvgIpc) is 1.97. The Bertz CT molecular complexity index is 241. The van der Waals surface area contributed by atoms with Crippen LogP contribution >= 0.6 is 0 Å². The van der Waals surface area contributed by atoms with Crippen LogP contribution in [0.25, 0.3) is 0 Å². The summed E-state index contributed by atoms with van der Waals surface area (Å²) in [6.45, 7) is 3.35. The fourth-order valence-electron chi connectivity index (χ4n) is 0.793. The van der Waals surface area contributed by atoms with Crippen molar-refractivity contribution in [2.45, 2.75) is 13.8 Å². The predicted octanol–water partition coefficient (Wildman–Crippen LogP) is 0.742. The van der Waals surface area contributed by atoms with E-state index in [1.54, 1.807) is 32.8 Å². The van der Waals surface area contributed by atoms with Crippen LogP contribution < -0.4 is 0 Å². The monoisotopic (exact) mass is 185 g/mol. The van der Waals surface area contributed by atoms with Crippen molar-refractivity contribution >= 4 is 11.8 Å². The molecular formula is C9H15NO3. The number of hydrogen-bond acceptors (Lipinski definition) is 3. The zero-order valence-electron chi connectivity index (χ0n) is 8.37. The molecule has 0 aromatic heterocycles. The number of hydrogen-bond donors (Lipinski definition) is 1. The van der Waals surface area contributed by atoms with Crippen molar-refractivity contribution in [1.82, 2.24) is 4.90 Å². The molecular weight excluding hydrogens is 170 g/mol. The van der Waals surface area contributed by atoms with E-state index in [1.807, 2.05) is 0 Å². The van der Waals surface area contributed by atoms with Gasteiger partial charge in [0.15, 0.2) is 5.78 Å². The van der Waals surface area contributed by atoms with Crippen LogP contribution in [0.2, 0.25) is 0 Å². The van der Waals surface area contributed by atoms with Crippen molar-refractivity contribution in [3.05, 3.63) is 11.8 Å². The van der Waals surface area contributed by atoms with Crippen molar-refractivity contribution in [3.8, 4) is 0 Å². The lowest BCUT2D eigenvalue weighted by Gasteiger charge is -2.09. The number of carboxylic acids is 1. The Labute approximate surface area is 77.8 Å². The van der Waals surface area contributed by atoms with Gasteiger partial charge in [-0.3, -0.25) is 4.79 Å². The third-order valence-corrected chi connectivity index (χ3v) is 1.41. The van der Waals surface area contributed by atoms with Crippen molar-refractivity contribution in [2.24, 2.45) is 5.92 Å². The van der Waals surface area contributed by atoms with Crippen LogP contribution in [0.4, 0.5) is 0 Å². The topological polar surface area (TPSA) is 57.6 Å². The second-order valence-electron chi connectivity index (χ2n) is 3.33. The quantitative estimate of drug-likeness (QED) is 0.399. The minimum Gasteiger partial charge on any atom is -0.478 e. The first kappa shape index (κ1) is 11.7. The van der Waals surface area contributed by atoms with Crippen LogP contribution in [0.3, 0.4) is 0 Å².